The summed E-state index contributed by atoms with van der Waals surface area (Å²) in [5.74, 6) is -1.47. The van der Waals surface area contributed by atoms with Crippen molar-refractivity contribution in [1.29, 1.82) is 0 Å². The molecule has 1 aromatic heterocycles. The van der Waals surface area contributed by atoms with Crippen molar-refractivity contribution in [2.45, 2.75) is 76.3 Å². The summed E-state index contributed by atoms with van der Waals surface area (Å²) in [6.07, 6.45) is 11.6. The molecule has 1 aromatic rings. The first kappa shape index (κ1) is 17.0. The Labute approximate surface area is 142 Å². The van der Waals surface area contributed by atoms with Crippen molar-refractivity contribution in [1.82, 2.24) is 15.1 Å². The number of carboxylic acid groups (broad SMARTS) is 1. The van der Waals surface area contributed by atoms with Gasteiger partial charge in [0.2, 0.25) is 0 Å². The Kier molecular flexibility index (Phi) is 5.53. The van der Waals surface area contributed by atoms with E-state index in [0.29, 0.717) is 18.2 Å². The van der Waals surface area contributed by atoms with Crippen LogP contribution in [-0.2, 0) is 4.79 Å². The van der Waals surface area contributed by atoms with Gasteiger partial charge in [-0.15, -0.1) is 0 Å². The number of carboxylic acids is 1. The van der Waals surface area contributed by atoms with Crippen molar-refractivity contribution in [3.05, 3.63) is 18.0 Å². The van der Waals surface area contributed by atoms with Gasteiger partial charge >= 0.3 is 5.97 Å². The molecule has 2 fully saturated rings. The summed E-state index contributed by atoms with van der Waals surface area (Å²) in [6, 6.07) is 1.75. The first-order valence-corrected chi connectivity index (χ1v) is 9.24. The summed E-state index contributed by atoms with van der Waals surface area (Å²) >= 11 is 0. The van der Waals surface area contributed by atoms with Crippen LogP contribution < -0.4 is 5.32 Å². The second-order valence-electron chi connectivity index (χ2n) is 7.12. The molecular formula is C18H27N3O3. The quantitative estimate of drug-likeness (QED) is 0.886. The first-order chi connectivity index (χ1) is 11.7. The van der Waals surface area contributed by atoms with Gasteiger partial charge in [-0.25, -0.2) is 0 Å². The fraction of sp³-hybridized carbons (Fsp3) is 0.722. The van der Waals surface area contributed by atoms with E-state index >= 15 is 0 Å². The lowest BCUT2D eigenvalue weighted by Crippen LogP contribution is -2.44. The van der Waals surface area contributed by atoms with Crippen LogP contribution in [0.1, 0.15) is 80.7 Å². The molecule has 2 aliphatic carbocycles. The number of nitrogens with one attached hydrogen (secondary N) is 1. The minimum atomic E-state index is -0.800. The fourth-order valence-corrected chi connectivity index (χ4v) is 4.13. The van der Waals surface area contributed by atoms with E-state index < -0.39 is 11.9 Å². The maximum Gasteiger partial charge on any atom is 0.308 e. The summed E-state index contributed by atoms with van der Waals surface area (Å²) in [5.41, 5.74) is 0.563. The van der Waals surface area contributed by atoms with Gasteiger partial charge in [-0.3, -0.25) is 14.3 Å². The third kappa shape index (κ3) is 3.79. The molecule has 0 saturated heterocycles. The Balaban J connectivity index is 1.72. The van der Waals surface area contributed by atoms with Gasteiger partial charge in [0.1, 0.15) is 5.69 Å². The van der Waals surface area contributed by atoms with Crippen LogP contribution in [0, 0.1) is 5.92 Å². The summed E-state index contributed by atoms with van der Waals surface area (Å²) in [4.78, 5) is 24.4. The standard InChI is InChI=1S/C18H27N3O3/c22-17(16-11-12-19-21(16)13-7-5-6-8-13)20-15-10-4-2-1-3-9-14(15)18(23)24/h11-15H,1-10H2,(H,20,22)(H,23,24). The molecule has 0 spiro atoms. The van der Waals surface area contributed by atoms with Crippen molar-refractivity contribution in [3.63, 3.8) is 0 Å². The molecule has 2 atom stereocenters. The Morgan fingerprint density at radius 3 is 2.42 bits per heavy atom. The second-order valence-corrected chi connectivity index (χ2v) is 7.12. The number of amides is 1. The van der Waals surface area contributed by atoms with Crippen LogP contribution in [0.15, 0.2) is 12.3 Å². The summed E-state index contributed by atoms with van der Waals surface area (Å²) < 4.78 is 1.83. The molecule has 2 aliphatic rings. The number of carbonyl (C=O) groups is 2. The van der Waals surface area contributed by atoms with Gasteiger partial charge in [0, 0.05) is 12.2 Å². The zero-order chi connectivity index (χ0) is 16.9. The lowest BCUT2D eigenvalue weighted by atomic mass is 9.86. The van der Waals surface area contributed by atoms with Crippen LogP contribution in [0.5, 0.6) is 0 Å². The highest BCUT2D eigenvalue weighted by Crippen LogP contribution is 2.30. The van der Waals surface area contributed by atoms with Crippen LogP contribution >= 0.6 is 0 Å². The number of hydrogen-bond donors (Lipinski definition) is 2. The number of rotatable bonds is 4. The molecule has 0 aromatic carbocycles. The Bertz CT molecular complexity index is 578. The monoisotopic (exact) mass is 333 g/mol. The van der Waals surface area contributed by atoms with E-state index in [0.717, 1.165) is 44.9 Å². The molecule has 1 heterocycles. The van der Waals surface area contributed by atoms with Crippen LogP contribution in [-0.4, -0.2) is 32.8 Å². The number of aliphatic carboxylic acids is 1. The van der Waals surface area contributed by atoms with Crippen LogP contribution in [0.3, 0.4) is 0 Å². The number of nitrogens with zero attached hydrogens (tertiary/aromatic N) is 2. The molecule has 0 radical (unpaired) electrons. The molecule has 6 nitrogen and oxygen atoms in total. The Morgan fingerprint density at radius 2 is 1.71 bits per heavy atom. The van der Waals surface area contributed by atoms with Crippen molar-refractivity contribution in [3.8, 4) is 0 Å². The number of hydrogen-bond acceptors (Lipinski definition) is 3. The van der Waals surface area contributed by atoms with Crippen LogP contribution in [0.25, 0.3) is 0 Å². The van der Waals surface area contributed by atoms with Crippen molar-refractivity contribution >= 4 is 11.9 Å². The zero-order valence-corrected chi connectivity index (χ0v) is 14.1. The van der Waals surface area contributed by atoms with Gasteiger partial charge in [0.25, 0.3) is 5.91 Å². The smallest absolute Gasteiger partial charge is 0.308 e. The molecule has 2 saturated carbocycles. The van der Waals surface area contributed by atoms with Gasteiger partial charge in [0.15, 0.2) is 0 Å². The predicted octanol–water partition coefficient (Wildman–Crippen LogP) is 3.15. The SMILES string of the molecule is O=C(NC1CCCCCCC1C(=O)O)c1ccnn1C1CCCC1. The first-order valence-electron chi connectivity index (χ1n) is 9.24. The second kappa shape index (κ2) is 7.81. The van der Waals surface area contributed by atoms with E-state index in [-0.39, 0.29) is 11.9 Å². The fourth-order valence-electron chi connectivity index (χ4n) is 4.13. The highest BCUT2D eigenvalue weighted by atomic mass is 16.4. The third-order valence-corrected chi connectivity index (χ3v) is 5.47. The minimum Gasteiger partial charge on any atom is -0.481 e. The van der Waals surface area contributed by atoms with Gasteiger partial charge in [0.05, 0.1) is 12.0 Å². The average molecular weight is 333 g/mol. The van der Waals surface area contributed by atoms with Crippen LogP contribution in [0.4, 0.5) is 0 Å². The molecule has 3 rings (SSSR count). The molecule has 0 bridgehead atoms. The van der Waals surface area contributed by atoms with Crippen LogP contribution in [0.2, 0.25) is 0 Å². The van der Waals surface area contributed by atoms with E-state index in [4.69, 9.17) is 0 Å². The summed E-state index contributed by atoms with van der Waals surface area (Å²) in [7, 11) is 0. The molecule has 132 valence electrons. The highest BCUT2D eigenvalue weighted by Gasteiger charge is 2.31. The lowest BCUT2D eigenvalue weighted by molar-refractivity contribution is -0.143. The zero-order valence-electron chi connectivity index (χ0n) is 14.1. The summed E-state index contributed by atoms with van der Waals surface area (Å²) in [6.45, 7) is 0. The summed E-state index contributed by atoms with van der Waals surface area (Å²) in [5, 5.41) is 16.9. The van der Waals surface area contributed by atoms with E-state index in [9.17, 15) is 14.7 Å². The number of aromatic nitrogens is 2. The average Bonchev–Trinajstić information content (AvgIpc) is 3.19. The Morgan fingerprint density at radius 1 is 1.04 bits per heavy atom. The van der Waals surface area contributed by atoms with E-state index in [1.54, 1.807) is 12.3 Å². The van der Waals surface area contributed by atoms with E-state index in [1.165, 1.54) is 12.8 Å². The third-order valence-electron chi connectivity index (χ3n) is 5.47. The maximum absolute atomic E-state index is 12.8. The maximum atomic E-state index is 12.8. The number of carbonyl (C=O) groups excluding carboxylic acids is 1. The van der Waals surface area contributed by atoms with Crippen molar-refractivity contribution in [2.24, 2.45) is 5.92 Å². The molecule has 6 heteroatoms. The lowest BCUT2D eigenvalue weighted by Gasteiger charge is -2.27. The molecular weight excluding hydrogens is 306 g/mol. The molecule has 0 aliphatic heterocycles. The normalized spacial score (nSPS) is 25.8. The topological polar surface area (TPSA) is 84.2 Å². The highest BCUT2D eigenvalue weighted by molar-refractivity contribution is 5.93. The Hall–Kier alpha value is -1.85. The molecule has 2 N–H and O–H groups in total. The minimum absolute atomic E-state index is 0.184. The molecule has 2 unspecified atom stereocenters. The van der Waals surface area contributed by atoms with Gasteiger partial charge < -0.3 is 10.4 Å². The predicted molar refractivity (Wildman–Crippen MR) is 89.8 cm³/mol. The van der Waals surface area contributed by atoms with E-state index in [2.05, 4.69) is 10.4 Å². The van der Waals surface area contributed by atoms with Crippen molar-refractivity contribution in [2.75, 3.05) is 0 Å². The molecule has 1 amide bonds. The van der Waals surface area contributed by atoms with E-state index in [1.807, 2.05) is 4.68 Å². The van der Waals surface area contributed by atoms with Gasteiger partial charge in [-0.05, 0) is 31.7 Å². The largest absolute Gasteiger partial charge is 0.481 e. The van der Waals surface area contributed by atoms with Gasteiger partial charge in [-0.2, -0.15) is 5.10 Å². The van der Waals surface area contributed by atoms with Crippen molar-refractivity contribution < 1.29 is 14.7 Å². The molecule has 24 heavy (non-hydrogen) atoms. The van der Waals surface area contributed by atoms with Gasteiger partial charge in [-0.1, -0.05) is 38.5 Å².